The van der Waals surface area contributed by atoms with Gasteiger partial charge in [-0.05, 0) is 33.9 Å². The Balaban J connectivity index is 1.67. The van der Waals surface area contributed by atoms with E-state index in [1.807, 2.05) is 12.3 Å². The molecule has 3 heterocycles. The molecule has 152 valence electrons. The van der Waals surface area contributed by atoms with E-state index in [-0.39, 0.29) is 0 Å². The highest BCUT2D eigenvalue weighted by molar-refractivity contribution is 7.11. The van der Waals surface area contributed by atoms with E-state index in [0.29, 0.717) is 13.1 Å². The van der Waals surface area contributed by atoms with Crippen molar-refractivity contribution < 1.29 is 0 Å². The molecule has 0 bridgehead atoms. The molecule has 1 fully saturated rings. The van der Waals surface area contributed by atoms with Gasteiger partial charge in [-0.25, -0.2) is 15.0 Å². The number of likely N-dealkylation sites (N-methyl/N-ethyl adjacent to an activating group) is 1. The molecule has 0 unspecified atom stereocenters. The Morgan fingerprint density at radius 3 is 2.68 bits per heavy atom. The molecule has 0 spiro atoms. The van der Waals surface area contributed by atoms with Crippen molar-refractivity contribution in [2.45, 2.75) is 33.9 Å². The summed E-state index contributed by atoms with van der Waals surface area (Å²) >= 11 is 1.73. The molecule has 8 heteroatoms. The van der Waals surface area contributed by atoms with E-state index in [0.717, 1.165) is 60.8 Å². The average Bonchev–Trinajstić information content (AvgIpc) is 3.02. The highest BCUT2D eigenvalue weighted by Crippen LogP contribution is 2.20. The van der Waals surface area contributed by atoms with Crippen molar-refractivity contribution in [3.63, 3.8) is 0 Å². The van der Waals surface area contributed by atoms with E-state index >= 15 is 0 Å². The number of thiazole rings is 1. The number of aryl methyl sites for hydroxylation is 2. The number of anilines is 1. The van der Waals surface area contributed by atoms with Crippen LogP contribution < -0.4 is 15.5 Å². The number of hydrogen-bond donors (Lipinski definition) is 2. The van der Waals surface area contributed by atoms with E-state index in [2.05, 4.69) is 64.3 Å². The molecule has 1 saturated heterocycles. The number of nitrogens with one attached hydrogen (secondary N) is 2. The van der Waals surface area contributed by atoms with Crippen LogP contribution in [-0.2, 0) is 13.1 Å². The monoisotopic (exact) mass is 401 g/mol. The van der Waals surface area contributed by atoms with Crippen LogP contribution in [0, 0.1) is 13.8 Å². The highest BCUT2D eigenvalue weighted by atomic mass is 32.1. The summed E-state index contributed by atoms with van der Waals surface area (Å²) < 4.78 is 0. The van der Waals surface area contributed by atoms with Crippen molar-refractivity contribution in [1.82, 2.24) is 25.5 Å². The predicted molar refractivity (Wildman–Crippen MR) is 117 cm³/mol. The maximum Gasteiger partial charge on any atom is 0.191 e. The number of rotatable bonds is 6. The van der Waals surface area contributed by atoms with Crippen LogP contribution in [-0.4, -0.2) is 60.6 Å². The number of nitrogens with zero attached hydrogens (tertiary/aromatic N) is 5. The van der Waals surface area contributed by atoms with Crippen LogP contribution in [0.2, 0.25) is 0 Å². The van der Waals surface area contributed by atoms with Crippen LogP contribution >= 0.6 is 11.3 Å². The second-order valence-electron chi connectivity index (χ2n) is 7.07. The minimum atomic E-state index is 0.598. The van der Waals surface area contributed by atoms with E-state index in [9.17, 15) is 0 Å². The van der Waals surface area contributed by atoms with E-state index in [4.69, 9.17) is 4.99 Å². The van der Waals surface area contributed by atoms with Gasteiger partial charge in [0.15, 0.2) is 5.96 Å². The molecule has 3 rings (SSSR count). The van der Waals surface area contributed by atoms with Gasteiger partial charge in [-0.15, -0.1) is 11.3 Å². The topological polar surface area (TPSA) is 68.7 Å². The maximum absolute atomic E-state index is 4.79. The van der Waals surface area contributed by atoms with Crippen LogP contribution in [0.1, 0.15) is 28.1 Å². The lowest BCUT2D eigenvalue weighted by molar-refractivity contribution is 0.312. The molecule has 0 radical (unpaired) electrons. The first-order chi connectivity index (χ1) is 13.6. The zero-order valence-corrected chi connectivity index (χ0v) is 18.1. The second-order valence-corrected chi connectivity index (χ2v) is 8.36. The Hall–Kier alpha value is -2.19. The Labute approximate surface area is 171 Å². The molecule has 2 N–H and O–H groups in total. The number of aromatic nitrogens is 2. The summed E-state index contributed by atoms with van der Waals surface area (Å²) in [5.41, 5.74) is 2.26. The molecule has 0 aromatic carbocycles. The third-order valence-electron chi connectivity index (χ3n) is 4.90. The number of piperazine rings is 1. The number of guanidine groups is 1. The average molecular weight is 402 g/mol. The van der Waals surface area contributed by atoms with Crippen molar-refractivity contribution in [2.75, 3.05) is 44.7 Å². The van der Waals surface area contributed by atoms with Crippen molar-refractivity contribution in [2.24, 2.45) is 4.99 Å². The van der Waals surface area contributed by atoms with Crippen LogP contribution in [0.4, 0.5) is 5.82 Å². The molecule has 0 aliphatic carbocycles. The lowest BCUT2D eigenvalue weighted by Crippen LogP contribution is -2.45. The Morgan fingerprint density at radius 1 is 1.21 bits per heavy atom. The van der Waals surface area contributed by atoms with Gasteiger partial charge in [-0.2, -0.15) is 0 Å². The third kappa shape index (κ3) is 5.42. The van der Waals surface area contributed by atoms with Crippen molar-refractivity contribution in [3.05, 3.63) is 39.5 Å². The van der Waals surface area contributed by atoms with Crippen LogP contribution in [0.25, 0.3) is 0 Å². The minimum Gasteiger partial charge on any atom is -0.357 e. The lowest BCUT2D eigenvalue weighted by atomic mass is 10.2. The number of hydrogen-bond acceptors (Lipinski definition) is 6. The van der Waals surface area contributed by atoms with Crippen molar-refractivity contribution in [1.29, 1.82) is 0 Å². The van der Waals surface area contributed by atoms with Crippen molar-refractivity contribution >= 4 is 23.1 Å². The Kier molecular flexibility index (Phi) is 7.22. The first-order valence-corrected chi connectivity index (χ1v) is 10.7. The molecule has 7 nitrogen and oxygen atoms in total. The van der Waals surface area contributed by atoms with Gasteiger partial charge in [0, 0.05) is 49.4 Å². The predicted octanol–water partition coefficient (Wildman–Crippen LogP) is 2.16. The molecule has 28 heavy (non-hydrogen) atoms. The first kappa shape index (κ1) is 20.5. The van der Waals surface area contributed by atoms with Gasteiger partial charge < -0.3 is 20.4 Å². The van der Waals surface area contributed by atoms with E-state index < -0.39 is 0 Å². The maximum atomic E-state index is 4.79. The summed E-state index contributed by atoms with van der Waals surface area (Å²) in [7, 11) is 2.17. The molecule has 1 aliphatic heterocycles. The summed E-state index contributed by atoms with van der Waals surface area (Å²) in [6.45, 7) is 12.5. The summed E-state index contributed by atoms with van der Waals surface area (Å²) in [6, 6.07) is 4.12. The fourth-order valence-electron chi connectivity index (χ4n) is 3.14. The van der Waals surface area contributed by atoms with Gasteiger partial charge in [-0.3, -0.25) is 0 Å². The van der Waals surface area contributed by atoms with Crippen LogP contribution in [0.15, 0.2) is 23.3 Å². The first-order valence-electron chi connectivity index (χ1n) is 9.89. The quantitative estimate of drug-likeness (QED) is 0.571. The van der Waals surface area contributed by atoms with Crippen LogP contribution in [0.3, 0.4) is 0 Å². The minimum absolute atomic E-state index is 0.598. The zero-order valence-electron chi connectivity index (χ0n) is 17.3. The van der Waals surface area contributed by atoms with E-state index in [1.165, 1.54) is 4.88 Å². The molecule has 0 amide bonds. The smallest absolute Gasteiger partial charge is 0.191 e. The molecule has 0 atom stereocenters. The normalized spacial score (nSPS) is 15.7. The number of pyridine rings is 1. The molecule has 0 saturated carbocycles. The van der Waals surface area contributed by atoms with Gasteiger partial charge in [0.1, 0.15) is 10.8 Å². The van der Waals surface area contributed by atoms with Crippen LogP contribution in [0.5, 0.6) is 0 Å². The standard InChI is InChI=1S/C20H31N7S/c1-5-21-20(24-14-18-25-15(2)16(3)28-18)23-13-17-7-6-8-22-19(17)27-11-9-26(4)10-12-27/h6-8H,5,9-14H2,1-4H3,(H2,21,23,24). The largest absolute Gasteiger partial charge is 0.357 e. The number of aliphatic imine (C=N–C) groups is 1. The summed E-state index contributed by atoms with van der Waals surface area (Å²) in [6.07, 6.45) is 1.87. The highest BCUT2D eigenvalue weighted by Gasteiger charge is 2.17. The van der Waals surface area contributed by atoms with Gasteiger partial charge in [0.25, 0.3) is 0 Å². The van der Waals surface area contributed by atoms with Gasteiger partial charge in [0.05, 0.1) is 18.8 Å². The van der Waals surface area contributed by atoms with Gasteiger partial charge in [0.2, 0.25) is 0 Å². The van der Waals surface area contributed by atoms with Crippen molar-refractivity contribution in [3.8, 4) is 0 Å². The fourth-order valence-corrected chi connectivity index (χ4v) is 4.01. The molecule has 1 aliphatic rings. The lowest BCUT2D eigenvalue weighted by Gasteiger charge is -2.34. The molecule has 2 aromatic rings. The van der Waals surface area contributed by atoms with Gasteiger partial charge >= 0.3 is 0 Å². The third-order valence-corrected chi connectivity index (χ3v) is 5.97. The summed E-state index contributed by atoms with van der Waals surface area (Å²) in [4.78, 5) is 20.0. The molecular formula is C20H31N7S. The second kappa shape index (κ2) is 9.84. The van der Waals surface area contributed by atoms with Gasteiger partial charge in [-0.1, -0.05) is 6.07 Å². The summed E-state index contributed by atoms with van der Waals surface area (Å²) in [5.74, 6) is 1.86. The zero-order chi connectivity index (χ0) is 19.9. The van der Waals surface area contributed by atoms with E-state index in [1.54, 1.807) is 11.3 Å². The SMILES string of the molecule is CCNC(=NCc1cccnc1N1CCN(C)CC1)NCc1nc(C)c(C)s1. The molecule has 2 aromatic heterocycles. The Bertz CT molecular complexity index is 774. The molecular weight excluding hydrogens is 370 g/mol. The fraction of sp³-hybridized carbons (Fsp3) is 0.550. The Morgan fingerprint density at radius 2 is 2.00 bits per heavy atom. The summed E-state index contributed by atoms with van der Waals surface area (Å²) in [5, 5.41) is 7.81.